The fourth-order valence-electron chi connectivity index (χ4n) is 4.08. The molecule has 0 radical (unpaired) electrons. The van der Waals surface area contributed by atoms with Gasteiger partial charge in [0.05, 0.1) is 12.7 Å². The Morgan fingerprint density at radius 2 is 1.91 bits per heavy atom. The Labute approximate surface area is 212 Å². The van der Waals surface area contributed by atoms with Gasteiger partial charge in [0, 0.05) is 17.2 Å². The third-order valence-electron chi connectivity index (χ3n) is 6.05. The predicted molar refractivity (Wildman–Crippen MR) is 140 cm³/mol. The third kappa shape index (κ3) is 4.37. The van der Waals surface area contributed by atoms with Crippen LogP contribution in [0.25, 0.3) is 11.1 Å². The van der Waals surface area contributed by atoms with E-state index in [0.717, 1.165) is 25.8 Å². The minimum Gasteiger partial charge on any atom is -0.496 e. The molecular weight excluding hydrogens is 543 g/mol. The normalized spacial score (nSPS) is 17.5. The van der Waals surface area contributed by atoms with E-state index in [-0.39, 0.29) is 17.8 Å². The Bertz CT molecular complexity index is 1290. The third-order valence-corrected chi connectivity index (χ3v) is 6.72. The lowest BCUT2D eigenvalue weighted by molar-refractivity contribution is -0.129. The number of guanidine groups is 1. The van der Waals surface area contributed by atoms with E-state index in [2.05, 4.69) is 39.3 Å². The number of hydrogen-bond donors (Lipinski definition) is 3. The van der Waals surface area contributed by atoms with E-state index in [9.17, 15) is 9.59 Å². The summed E-state index contributed by atoms with van der Waals surface area (Å²) in [5.41, 5.74) is 3.07. The highest BCUT2D eigenvalue weighted by Gasteiger charge is 2.45. The number of nitrogens with zero attached hydrogens (tertiary/aromatic N) is 1. The summed E-state index contributed by atoms with van der Waals surface area (Å²) in [6.07, 6.45) is 0. The van der Waals surface area contributed by atoms with Crippen molar-refractivity contribution in [3.63, 3.8) is 0 Å². The molecule has 3 N–H and O–H groups in total. The molecule has 1 aliphatic heterocycles. The van der Waals surface area contributed by atoms with Crippen LogP contribution in [0.2, 0.25) is 0 Å². The molecule has 7 nitrogen and oxygen atoms in total. The van der Waals surface area contributed by atoms with Gasteiger partial charge in [-0.1, -0.05) is 36.4 Å². The molecule has 0 bridgehead atoms. The van der Waals surface area contributed by atoms with Crippen LogP contribution < -0.4 is 15.4 Å². The minimum absolute atomic E-state index is 0.0758. The summed E-state index contributed by atoms with van der Waals surface area (Å²) in [6.45, 7) is 2.12. The quantitative estimate of drug-likeness (QED) is 0.391. The molecule has 0 saturated carbocycles. The van der Waals surface area contributed by atoms with Gasteiger partial charge in [-0.15, -0.1) is 0 Å². The Kier molecular flexibility index (Phi) is 6.60. The number of carbonyl (C=O) groups excluding carboxylic acids is 2. The van der Waals surface area contributed by atoms with Crippen molar-refractivity contribution in [3.8, 4) is 16.9 Å². The molecule has 1 saturated heterocycles. The molecule has 1 unspecified atom stereocenters. The van der Waals surface area contributed by atoms with Crippen molar-refractivity contribution in [1.29, 1.82) is 5.41 Å². The fourth-order valence-corrected chi connectivity index (χ4v) is 4.57. The van der Waals surface area contributed by atoms with E-state index in [4.69, 9.17) is 10.1 Å². The summed E-state index contributed by atoms with van der Waals surface area (Å²) in [5.74, 6) is 0.201. The Morgan fingerprint density at radius 1 is 1.15 bits per heavy atom. The van der Waals surface area contributed by atoms with Gasteiger partial charge in [0.1, 0.15) is 11.3 Å². The highest BCUT2D eigenvalue weighted by Crippen LogP contribution is 2.33. The number of benzene rings is 3. The molecule has 0 spiro atoms. The van der Waals surface area contributed by atoms with Crippen LogP contribution in [0, 0.1) is 8.98 Å². The summed E-state index contributed by atoms with van der Waals surface area (Å²) in [6, 6.07) is 20.9. The van der Waals surface area contributed by atoms with Crippen LogP contribution in [-0.2, 0) is 16.9 Å². The molecule has 1 heterocycles. The number of halogens is 1. The van der Waals surface area contributed by atoms with Gasteiger partial charge in [0.15, 0.2) is 5.96 Å². The van der Waals surface area contributed by atoms with Crippen LogP contribution in [0.5, 0.6) is 5.75 Å². The van der Waals surface area contributed by atoms with Gasteiger partial charge in [-0.3, -0.25) is 19.9 Å². The van der Waals surface area contributed by atoms with Crippen LogP contribution in [0.1, 0.15) is 28.4 Å². The van der Waals surface area contributed by atoms with Crippen molar-refractivity contribution >= 4 is 40.4 Å². The number of hydrogen-bond acceptors (Lipinski definition) is 4. The predicted octanol–water partition coefficient (Wildman–Crippen LogP) is 4.11. The first-order chi connectivity index (χ1) is 16.2. The van der Waals surface area contributed by atoms with Gasteiger partial charge in [-0.25, -0.2) is 0 Å². The van der Waals surface area contributed by atoms with Crippen molar-refractivity contribution in [3.05, 3.63) is 87.0 Å². The fraction of sp³-hybridized carbons (Fsp3) is 0.192. The van der Waals surface area contributed by atoms with Crippen molar-refractivity contribution in [1.82, 2.24) is 15.5 Å². The van der Waals surface area contributed by atoms with Gasteiger partial charge in [-0.05, 0) is 82.1 Å². The summed E-state index contributed by atoms with van der Waals surface area (Å²) >= 11 is 2.26. The molecule has 3 aromatic rings. The largest absolute Gasteiger partial charge is 0.496 e. The van der Waals surface area contributed by atoms with E-state index in [1.54, 1.807) is 39.3 Å². The van der Waals surface area contributed by atoms with E-state index < -0.39 is 5.54 Å². The maximum absolute atomic E-state index is 12.8. The first kappa shape index (κ1) is 23.7. The van der Waals surface area contributed by atoms with Crippen molar-refractivity contribution < 1.29 is 14.3 Å². The van der Waals surface area contributed by atoms with Crippen molar-refractivity contribution in [2.75, 3.05) is 14.2 Å². The van der Waals surface area contributed by atoms with E-state index >= 15 is 0 Å². The lowest BCUT2D eigenvalue weighted by Gasteiger charge is -2.23. The average molecular weight is 568 g/mol. The van der Waals surface area contributed by atoms with E-state index in [0.29, 0.717) is 17.9 Å². The van der Waals surface area contributed by atoms with E-state index in [1.807, 2.05) is 42.5 Å². The number of nitrogens with one attached hydrogen (secondary N) is 3. The lowest BCUT2D eigenvalue weighted by atomic mass is 9.88. The molecule has 174 valence electrons. The first-order valence-electron chi connectivity index (χ1n) is 10.7. The molecule has 2 amide bonds. The number of carbonyl (C=O) groups is 2. The highest BCUT2D eigenvalue weighted by atomic mass is 127. The average Bonchev–Trinajstić information content (AvgIpc) is 3.06. The van der Waals surface area contributed by atoms with Gasteiger partial charge in [0.2, 0.25) is 0 Å². The number of para-hydroxylation sites is 1. The number of methoxy groups -OCH3 is 1. The van der Waals surface area contributed by atoms with Crippen LogP contribution in [0.4, 0.5) is 0 Å². The Morgan fingerprint density at radius 3 is 2.62 bits per heavy atom. The zero-order valence-electron chi connectivity index (χ0n) is 19.1. The van der Waals surface area contributed by atoms with Gasteiger partial charge < -0.3 is 15.4 Å². The second-order valence-corrected chi connectivity index (χ2v) is 9.47. The Hall–Kier alpha value is -3.40. The maximum Gasteiger partial charge on any atom is 0.259 e. The van der Waals surface area contributed by atoms with Crippen LogP contribution in [0.3, 0.4) is 0 Å². The van der Waals surface area contributed by atoms with Crippen LogP contribution in [-0.4, -0.2) is 36.8 Å². The number of likely N-dealkylation sites (N-methyl/N-ethyl adjacent to an activating group) is 1. The molecule has 1 fully saturated rings. The van der Waals surface area contributed by atoms with E-state index in [1.165, 1.54) is 4.90 Å². The van der Waals surface area contributed by atoms with Gasteiger partial charge in [-0.2, -0.15) is 0 Å². The molecule has 0 aromatic heterocycles. The molecule has 1 atom stereocenters. The summed E-state index contributed by atoms with van der Waals surface area (Å²) in [5, 5.41) is 14.0. The highest BCUT2D eigenvalue weighted by molar-refractivity contribution is 14.1. The summed E-state index contributed by atoms with van der Waals surface area (Å²) in [4.78, 5) is 27.0. The SMILES string of the molecule is COc1ccccc1C(=O)NCc1ccc(I)cc1-c1cccc(C2(C)NC(=N)N(C)C2=O)c1. The topological polar surface area (TPSA) is 94.5 Å². The van der Waals surface area contributed by atoms with Crippen molar-refractivity contribution in [2.24, 2.45) is 0 Å². The number of ether oxygens (including phenoxy) is 1. The molecule has 3 aromatic carbocycles. The molecule has 1 aliphatic rings. The standard InChI is InChI=1S/C26H25IN4O3/c1-26(24(33)31(2)25(28)30-26)18-8-6-7-16(13-18)21-14-19(27)12-11-17(21)15-29-23(32)20-9-4-5-10-22(20)34-3/h4-14H,15H2,1-3H3,(H2,28,30)(H,29,32). The second-order valence-electron chi connectivity index (χ2n) is 8.23. The van der Waals surface area contributed by atoms with Crippen LogP contribution in [0.15, 0.2) is 66.7 Å². The summed E-state index contributed by atoms with van der Waals surface area (Å²) < 4.78 is 6.36. The molecule has 4 rings (SSSR count). The maximum atomic E-state index is 12.8. The monoisotopic (exact) mass is 568 g/mol. The molecular formula is C26H25IN4O3. The van der Waals surface area contributed by atoms with Crippen LogP contribution >= 0.6 is 22.6 Å². The van der Waals surface area contributed by atoms with Gasteiger partial charge >= 0.3 is 0 Å². The smallest absolute Gasteiger partial charge is 0.259 e. The second kappa shape index (κ2) is 9.46. The zero-order chi connectivity index (χ0) is 24.5. The van der Waals surface area contributed by atoms with Gasteiger partial charge in [0.25, 0.3) is 11.8 Å². The first-order valence-corrected chi connectivity index (χ1v) is 11.8. The molecule has 8 heteroatoms. The minimum atomic E-state index is -1.01. The molecule has 34 heavy (non-hydrogen) atoms. The molecule has 0 aliphatic carbocycles. The lowest BCUT2D eigenvalue weighted by Crippen LogP contribution is -2.40. The number of rotatable bonds is 6. The van der Waals surface area contributed by atoms with Crippen molar-refractivity contribution in [2.45, 2.75) is 19.0 Å². The number of amides is 2. The Balaban J connectivity index is 1.65. The summed E-state index contributed by atoms with van der Waals surface area (Å²) in [7, 11) is 3.13. The zero-order valence-corrected chi connectivity index (χ0v) is 21.3.